The minimum Gasteiger partial charge on any atom is -0.311 e. The lowest BCUT2D eigenvalue weighted by Crippen LogP contribution is -2.16. The van der Waals surface area contributed by atoms with Gasteiger partial charge in [-0.15, -0.1) is 0 Å². The highest BCUT2D eigenvalue weighted by molar-refractivity contribution is 7.98. The Labute approximate surface area is 103 Å². The van der Waals surface area contributed by atoms with Gasteiger partial charge in [-0.25, -0.2) is 0 Å². The lowest BCUT2D eigenvalue weighted by atomic mass is 10.3. The Hall–Kier alpha value is -0.480. The average Bonchev–Trinajstić information content (AvgIpc) is 2.76. The molecule has 1 atom stereocenters. The van der Waals surface area contributed by atoms with E-state index in [4.69, 9.17) is 0 Å². The molecule has 16 heavy (non-hydrogen) atoms. The molecule has 0 aromatic carbocycles. The lowest BCUT2D eigenvalue weighted by Gasteiger charge is -2.08. The van der Waals surface area contributed by atoms with Crippen molar-refractivity contribution in [1.29, 1.82) is 0 Å². The Morgan fingerprint density at radius 1 is 1.56 bits per heavy atom. The van der Waals surface area contributed by atoms with Crippen LogP contribution in [-0.4, -0.2) is 28.3 Å². The van der Waals surface area contributed by atoms with Crippen molar-refractivity contribution in [1.82, 2.24) is 15.1 Å². The maximum Gasteiger partial charge on any atom is 0.0762 e. The van der Waals surface area contributed by atoms with E-state index in [9.17, 15) is 0 Å². The number of nitrogens with one attached hydrogen (secondary N) is 1. The number of aromatic nitrogens is 2. The summed E-state index contributed by atoms with van der Waals surface area (Å²) >= 11 is 1.90. The van der Waals surface area contributed by atoms with Gasteiger partial charge in [0, 0.05) is 18.8 Å². The van der Waals surface area contributed by atoms with Gasteiger partial charge >= 0.3 is 0 Å². The van der Waals surface area contributed by atoms with Crippen molar-refractivity contribution in [3.8, 4) is 0 Å². The van der Waals surface area contributed by atoms with Crippen LogP contribution in [0, 0.1) is 0 Å². The van der Waals surface area contributed by atoms with Crippen LogP contribution in [0.4, 0.5) is 0 Å². The predicted molar refractivity (Wildman–Crippen MR) is 71.9 cm³/mol. The van der Waals surface area contributed by atoms with Crippen LogP contribution in [0.5, 0.6) is 0 Å². The van der Waals surface area contributed by atoms with E-state index < -0.39 is 0 Å². The maximum atomic E-state index is 4.55. The molecule has 1 unspecified atom stereocenters. The van der Waals surface area contributed by atoms with Gasteiger partial charge < -0.3 is 5.32 Å². The van der Waals surface area contributed by atoms with Crippen LogP contribution in [0.25, 0.3) is 0 Å². The molecule has 0 radical (unpaired) electrons. The first-order chi connectivity index (χ1) is 7.77. The fourth-order valence-corrected chi connectivity index (χ4v) is 1.90. The Morgan fingerprint density at radius 2 is 2.38 bits per heavy atom. The minimum atomic E-state index is 0.505. The summed E-state index contributed by atoms with van der Waals surface area (Å²) in [5.41, 5.74) is 1.14. The molecule has 4 heteroatoms. The van der Waals surface area contributed by atoms with E-state index in [2.05, 4.69) is 47.5 Å². The number of thioether (sulfide) groups is 1. The van der Waals surface area contributed by atoms with Crippen LogP contribution in [0.3, 0.4) is 0 Å². The summed E-state index contributed by atoms with van der Waals surface area (Å²) < 4.78 is 2.05. The van der Waals surface area contributed by atoms with Gasteiger partial charge in [-0.1, -0.05) is 6.92 Å². The molecule has 0 saturated carbocycles. The normalized spacial score (nSPS) is 12.9. The molecular weight excluding hydrogens is 218 g/mol. The van der Waals surface area contributed by atoms with Crippen molar-refractivity contribution in [3.05, 3.63) is 18.0 Å². The van der Waals surface area contributed by atoms with Crippen molar-refractivity contribution in [2.24, 2.45) is 0 Å². The SMILES string of the molecule is CCC(C)n1ccc(CNCCCSC)n1. The number of hydrogen-bond donors (Lipinski definition) is 1. The summed E-state index contributed by atoms with van der Waals surface area (Å²) in [6.07, 6.45) is 6.58. The molecule has 0 aliphatic heterocycles. The topological polar surface area (TPSA) is 29.9 Å². The van der Waals surface area contributed by atoms with Crippen LogP contribution in [0.1, 0.15) is 38.4 Å². The van der Waals surface area contributed by atoms with Gasteiger partial charge in [0.2, 0.25) is 0 Å². The molecule has 1 aromatic heterocycles. The molecule has 0 amide bonds. The van der Waals surface area contributed by atoms with Crippen molar-refractivity contribution in [3.63, 3.8) is 0 Å². The molecule has 1 N–H and O–H groups in total. The van der Waals surface area contributed by atoms with Crippen LogP contribution in [0.15, 0.2) is 12.3 Å². The molecule has 92 valence electrons. The number of nitrogens with zero attached hydrogens (tertiary/aromatic N) is 2. The summed E-state index contributed by atoms with van der Waals surface area (Å²) in [6, 6.07) is 2.61. The molecule has 0 spiro atoms. The van der Waals surface area contributed by atoms with Gasteiger partial charge in [0.05, 0.1) is 5.69 Å². The Kier molecular flexibility index (Phi) is 6.57. The van der Waals surface area contributed by atoms with Crippen molar-refractivity contribution >= 4 is 11.8 Å². The standard InChI is InChI=1S/C12H23N3S/c1-4-11(2)15-8-6-12(14-15)10-13-7-5-9-16-3/h6,8,11,13H,4-5,7,9-10H2,1-3H3. The van der Waals surface area contributed by atoms with Gasteiger partial charge in [0.25, 0.3) is 0 Å². The molecule has 1 heterocycles. The first-order valence-corrected chi connectivity index (χ1v) is 7.41. The van der Waals surface area contributed by atoms with E-state index in [0.29, 0.717) is 6.04 Å². The molecule has 0 aliphatic rings. The fraction of sp³-hybridized carbons (Fsp3) is 0.750. The van der Waals surface area contributed by atoms with Gasteiger partial charge in [-0.05, 0) is 44.4 Å². The first-order valence-electron chi connectivity index (χ1n) is 6.01. The van der Waals surface area contributed by atoms with Crippen molar-refractivity contribution in [2.45, 2.75) is 39.3 Å². The van der Waals surface area contributed by atoms with Crippen molar-refractivity contribution < 1.29 is 0 Å². The van der Waals surface area contributed by atoms with Crippen LogP contribution in [0.2, 0.25) is 0 Å². The maximum absolute atomic E-state index is 4.55. The third kappa shape index (κ3) is 4.58. The third-order valence-corrected chi connectivity index (χ3v) is 3.41. The van der Waals surface area contributed by atoms with Gasteiger partial charge in [-0.2, -0.15) is 16.9 Å². The van der Waals surface area contributed by atoms with E-state index in [-0.39, 0.29) is 0 Å². The van der Waals surface area contributed by atoms with E-state index in [1.54, 1.807) is 0 Å². The Morgan fingerprint density at radius 3 is 3.06 bits per heavy atom. The highest BCUT2D eigenvalue weighted by atomic mass is 32.2. The number of rotatable bonds is 8. The largest absolute Gasteiger partial charge is 0.311 e. The lowest BCUT2D eigenvalue weighted by molar-refractivity contribution is 0.471. The fourth-order valence-electron chi connectivity index (χ4n) is 1.46. The molecule has 0 aliphatic carbocycles. The highest BCUT2D eigenvalue weighted by Crippen LogP contribution is 2.08. The average molecular weight is 241 g/mol. The van der Waals surface area contributed by atoms with Gasteiger partial charge in [-0.3, -0.25) is 4.68 Å². The Balaban J connectivity index is 2.24. The molecule has 0 fully saturated rings. The van der Waals surface area contributed by atoms with Gasteiger partial charge in [0.15, 0.2) is 0 Å². The second kappa shape index (κ2) is 7.74. The Bertz CT molecular complexity index is 286. The molecule has 3 nitrogen and oxygen atoms in total. The van der Waals surface area contributed by atoms with E-state index in [1.165, 1.54) is 12.2 Å². The second-order valence-corrected chi connectivity index (χ2v) is 5.05. The molecule has 1 rings (SSSR count). The van der Waals surface area contributed by atoms with Crippen molar-refractivity contribution in [2.75, 3.05) is 18.6 Å². The van der Waals surface area contributed by atoms with E-state index in [1.807, 2.05) is 11.8 Å². The summed E-state index contributed by atoms with van der Waals surface area (Å²) in [7, 11) is 0. The molecule has 0 saturated heterocycles. The zero-order valence-electron chi connectivity index (χ0n) is 10.6. The molecule has 1 aromatic rings. The summed E-state index contributed by atoms with van der Waals surface area (Å²) in [4.78, 5) is 0. The summed E-state index contributed by atoms with van der Waals surface area (Å²) in [5, 5.41) is 7.97. The second-order valence-electron chi connectivity index (χ2n) is 4.07. The van der Waals surface area contributed by atoms with Gasteiger partial charge in [0.1, 0.15) is 0 Å². The number of hydrogen-bond acceptors (Lipinski definition) is 3. The monoisotopic (exact) mass is 241 g/mol. The molecule has 0 bridgehead atoms. The highest BCUT2D eigenvalue weighted by Gasteiger charge is 2.03. The predicted octanol–water partition coefficient (Wildman–Crippen LogP) is 2.70. The third-order valence-electron chi connectivity index (χ3n) is 2.71. The molecular formula is C12H23N3S. The zero-order chi connectivity index (χ0) is 11.8. The summed E-state index contributed by atoms with van der Waals surface area (Å²) in [6.45, 7) is 6.35. The van der Waals surface area contributed by atoms with E-state index in [0.717, 1.165) is 25.2 Å². The zero-order valence-corrected chi connectivity index (χ0v) is 11.4. The first kappa shape index (κ1) is 13.6. The van der Waals surface area contributed by atoms with Crippen LogP contribution >= 0.6 is 11.8 Å². The van der Waals surface area contributed by atoms with Crippen LogP contribution < -0.4 is 5.32 Å². The minimum absolute atomic E-state index is 0.505. The van der Waals surface area contributed by atoms with Crippen LogP contribution in [-0.2, 0) is 6.54 Å². The smallest absolute Gasteiger partial charge is 0.0762 e. The summed E-state index contributed by atoms with van der Waals surface area (Å²) in [5.74, 6) is 1.23. The van der Waals surface area contributed by atoms with E-state index >= 15 is 0 Å². The quantitative estimate of drug-likeness (QED) is 0.710.